The van der Waals surface area contributed by atoms with E-state index < -0.39 is 11.8 Å². The Hall–Kier alpha value is -1.57. The molecular weight excluding hydrogens is 206 g/mol. The number of nitrogens with one attached hydrogen (secondary N) is 1. The third-order valence-electron chi connectivity index (χ3n) is 3.14. The first-order valence-electron chi connectivity index (χ1n) is 5.50. The van der Waals surface area contributed by atoms with Crippen LogP contribution in [0.5, 0.6) is 0 Å². The topological polar surface area (TPSA) is 73.2 Å². The summed E-state index contributed by atoms with van der Waals surface area (Å²) in [5, 5.41) is 10.6. The lowest BCUT2D eigenvalue weighted by Gasteiger charge is -2.34. The van der Waals surface area contributed by atoms with Crippen molar-refractivity contribution in [3.05, 3.63) is 0 Å². The molecule has 0 bridgehead atoms. The van der Waals surface area contributed by atoms with Crippen molar-refractivity contribution in [2.24, 2.45) is 11.8 Å². The lowest BCUT2D eigenvalue weighted by molar-refractivity contribution is -0.147. The summed E-state index contributed by atoms with van der Waals surface area (Å²) in [6.45, 7) is 5.37. The van der Waals surface area contributed by atoms with Gasteiger partial charge in [-0.2, -0.15) is 5.26 Å². The van der Waals surface area contributed by atoms with Gasteiger partial charge in [0, 0.05) is 13.1 Å². The first-order valence-corrected chi connectivity index (χ1v) is 5.50. The van der Waals surface area contributed by atoms with Crippen molar-refractivity contribution >= 4 is 11.8 Å². The SMILES string of the molecule is CC1CCN(C(=O)C(=O)NCC#N)CC1C. The van der Waals surface area contributed by atoms with Gasteiger partial charge < -0.3 is 10.2 Å². The monoisotopic (exact) mass is 223 g/mol. The second kappa shape index (κ2) is 5.50. The predicted molar refractivity (Wildman–Crippen MR) is 58.1 cm³/mol. The highest BCUT2D eigenvalue weighted by Crippen LogP contribution is 2.22. The minimum Gasteiger partial charge on any atom is -0.335 e. The van der Waals surface area contributed by atoms with E-state index >= 15 is 0 Å². The van der Waals surface area contributed by atoms with Gasteiger partial charge in [-0.3, -0.25) is 9.59 Å². The normalized spacial score (nSPS) is 24.7. The fourth-order valence-electron chi connectivity index (χ4n) is 1.79. The van der Waals surface area contributed by atoms with Crippen LogP contribution in [0.15, 0.2) is 0 Å². The van der Waals surface area contributed by atoms with Crippen LogP contribution < -0.4 is 5.32 Å². The molecule has 1 aliphatic heterocycles. The minimum absolute atomic E-state index is 0.121. The van der Waals surface area contributed by atoms with Crippen LogP contribution in [0.1, 0.15) is 20.3 Å². The number of carbonyl (C=O) groups excluding carboxylic acids is 2. The molecule has 5 heteroatoms. The smallest absolute Gasteiger partial charge is 0.311 e. The van der Waals surface area contributed by atoms with E-state index in [1.807, 2.05) is 0 Å². The van der Waals surface area contributed by atoms with E-state index in [1.165, 1.54) is 0 Å². The second-order valence-corrected chi connectivity index (χ2v) is 4.34. The van der Waals surface area contributed by atoms with E-state index in [2.05, 4.69) is 19.2 Å². The molecule has 0 spiro atoms. The third kappa shape index (κ3) is 2.96. The molecule has 0 aromatic carbocycles. The zero-order valence-corrected chi connectivity index (χ0v) is 9.69. The maximum Gasteiger partial charge on any atom is 0.311 e. The van der Waals surface area contributed by atoms with E-state index in [4.69, 9.17) is 5.26 Å². The maximum absolute atomic E-state index is 11.7. The van der Waals surface area contributed by atoms with Crippen LogP contribution in [0.2, 0.25) is 0 Å². The largest absolute Gasteiger partial charge is 0.335 e. The Balaban J connectivity index is 2.49. The molecule has 0 saturated carbocycles. The Morgan fingerprint density at radius 3 is 2.69 bits per heavy atom. The van der Waals surface area contributed by atoms with Gasteiger partial charge in [0.25, 0.3) is 0 Å². The lowest BCUT2D eigenvalue weighted by Crippen LogP contribution is -2.48. The van der Waals surface area contributed by atoms with Crippen molar-refractivity contribution in [1.82, 2.24) is 10.2 Å². The van der Waals surface area contributed by atoms with E-state index in [9.17, 15) is 9.59 Å². The molecule has 16 heavy (non-hydrogen) atoms. The van der Waals surface area contributed by atoms with Gasteiger partial charge in [-0.25, -0.2) is 0 Å². The molecule has 1 rings (SSSR count). The molecule has 1 saturated heterocycles. The molecule has 5 nitrogen and oxygen atoms in total. The van der Waals surface area contributed by atoms with Gasteiger partial charge in [0.2, 0.25) is 0 Å². The van der Waals surface area contributed by atoms with E-state index in [1.54, 1.807) is 11.0 Å². The number of hydrogen-bond donors (Lipinski definition) is 1. The number of hydrogen-bond acceptors (Lipinski definition) is 3. The van der Waals surface area contributed by atoms with Crippen molar-refractivity contribution in [2.75, 3.05) is 19.6 Å². The number of amides is 2. The molecule has 2 unspecified atom stereocenters. The lowest BCUT2D eigenvalue weighted by atomic mass is 9.88. The molecule has 0 aliphatic carbocycles. The maximum atomic E-state index is 11.7. The molecular formula is C11H17N3O2. The minimum atomic E-state index is -0.677. The molecule has 1 N–H and O–H groups in total. The van der Waals surface area contributed by atoms with Crippen molar-refractivity contribution < 1.29 is 9.59 Å². The van der Waals surface area contributed by atoms with Gasteiger partial charge in [-0.15, -0.1) is 0 Å². The van der Waals surface area contributed by atoms with Crippen molar-refractivity contribution in [2.45, 2.75) is 20.3 Å². The molecule has 0 aromatic heterocycles. The summed E-state index contributed by atoms with van der Waals surface area (Å²) in [5.74, 6) is -0.190. The van der Waals surface area contributed by atoms with Gasteiger partial charge in [0.1, 0.15) is 6.54 Å². The number of carbonyl (C=O) groups is 2. The molecule has 2 atom stereocenters. The van der Waals surface area contributed by atoms with Crippen LogP contribution >= 0.6 is 0 Å². The Morgan fingerprint density at radius 2 is 2.12 bits per heavy atom. The van der Waals surface area contributed by atoms with Crippen LogP contribution in [-0.4, -0.2) is 36.3 Å². The van der Waals surface area contributed by atoms with Gasteiger partial charge in [-0.1, -0.05) is 13.8 Å². The average molecular weight is 223 g/mol. The fourth-order valence-corrected chi connectivity index (χ4v) is 1.79. The van der Waals surface area contributed by atoms with Crippen LogP contribution in [0.3, 0.4) is 0 Å². The molecule has 1 fully saturated rings. The number of likely N-dealkylation sites (tertiary alicyclic amines) is 1. The summed E-state index contributed by atoms with van der Waals surface area (Å²) < 4.78 is 0. The van der Waals surface area contributed by atoms with Crippen molar-refractivity contribution in [1.29, 1.82) is 5.26 Å². The Morgan fingerprint density at radius 1 is 1.44 bits per heavy atom. The first-order chi connectivity index (χ1) is 7.56. The highest BCUT2D eigenvalue weighted by atomic mass is 16.2. The first kappa shape index (κ1) is 12.5. The van der Waals surface area contributed by atoms with Gasteiger partial charge in [-0.05, 0) is 18.3 Å². The highest BCUT2D eigenvalue weighted by molar-refractivity contribution is 6.35. The molecule has 0 radical (unpaired) electrons. The zero-order valence-electron chi connectivity index (χ0n) is 9.69. The standard InChI is InChI=1S/C11H17N3O2/c1-8-3-6-14(7-9(8)2)11(16)10(15)13-5-4-12/h8-9H,3,5-7H2,1-2H3,(H,13,15). The number of nitriles is 1. The average Bonchev–Trinajstić information content (AvgIpc) is 2.28. The fraction of sp³-hybridized carbons (Fsp3) is 0.727. The van der Waals surface area contributed by atoms with Gasteiger partial charge in [0.05, 0.1) is 6.07 Å². The summed E-state index contributed by atoms with van der Waals surface area (Å²) in [5.41, 5.74) is 0. The molecule has 1 aliphatic rings. The van der Waals surface area contributed by atoms with Crippen LogP contribution in [0, 0.1) is 23.2 Å². The van der Waals surface area contributed by atoms with Gasteiger partial charge >= 0.3 is 11.8 Å². The van der Waals surface area contributed by atoms with Crippen LogP contribution in [-0.2, 0) is 9.59 Å². The van der Waals surface area contributed by atoms with Crippen molar-refractivity contribution in [3.63, 3.8) is 0 Å². The number of rotatable bonds is 1. The van der Waals surface area contributed by atoms with Crippen LogP contribution in [0.25, 0.3) is 0 Å². The van der Waals surface area contributed by atoms with Crippen molar-refractivity contribution in [3.8, 4) is 6.07 Å². The molecule has 1 heterocycles. The number of piperidine rings is 1. The third-order valence-corrected chi connectivity index (χ3v) is 3.14. The van der Waals surface area contributed by atoms with E-state index in [0.29, 0.717) is 24.9 Å². The molecule has 0 aromatic rings. The van der Waals surface area contributed by atoms with Gasteiger partial charge in [0.15, 0.2) is 0 Å². The number of nitrogens with zero attached hydrogens (tertiary/aromatic N) is 2. The Labute approximate surface area is 95.4 Å². The highest BCUT2D eigenvalue weighted by Gasteiger charge is 2.28. The summed E-state index contributed by atoms with van der Waals surface area (Å²) in [6.07, 6.45) is 0.929. The summed E-state index contributed by atoms with van der Waals surface area (Å²) in [4.78, 5) is 24.6. The Kier molecular flexibility index (Phi) is 4.29. The predicted octanol–water partition coefficient (Wildman–Crippen LogP) is 0.131. The summed E-state index contributed by atoms with van der Waals surface area (Å²) in [7, 11) is 0. The molecule has 88 valence electrons. The quantitative estimate of drug-likeness (QED) is 0.507. The molecule has 2 amide bonds. The van der Waals surface area contributed by atoms with E-state index in [0.717, 1.165) is 6.42 Å². The second-order valence-electron chi connectivity index (χ2n) is 4.34. The zero-order chi connectivity index (χ0) is 12.1. The Bertz CT molecular complexity index is 322. The van der Waals surface area contributed by atoms with E-state index in [-0.39, 0.29) is 6.54 Å². The summed E-state index contributed by atoms with van der Waals surface area (Å²) in [6, 6.07) is 1.77. The van der Waals surface area contributed by atoms with Crippen LogP contribution in [0.4, 0.5) is 0 Å². The summed E-state index contributed by atoms with van der Waals surface area (Å²) >= 11 is 0.